The molecule has 0 amide bonds. The van der Waals surface area contributed by atoms with E-state index in [4.69, 9.17) is 34.4 Å². The molecule has 5 heterocycles. The molecule has 1 saturated heterocycles. The lowest BCUT2D eigenvalue weighted by molar-refractivity contribution is -0.193. The van der Waals surface area contributed by atoms with Gasteiger partial charge in [-0.25, -0.2) is 29.3 Å². The summed E-state index contributed by atoms with van der Waals surface area (Å²) >= 11 is 0. The lowest BCUT2D eigenvalue weighted by Gasteiger charge is -2.53. The molecule has 0 bridgehead atoms. The normalized spacial score (nSPS) is 17.7. The van der Waals surface area contributed by atoms with E-state index in [2.05, 4.69) is 41.0 Å². The summed E-state index contributed by atoms with van der Waals surface area (Å²) in [4.78, 5) is 47.7. The molecule has 0 radical (unpaired) electrons. The minimum atomic E-state index is -5.08. The van der Waals surface area contributed by atoms with Crippen LogP contribution < -0.4 is 4.74 Å². The van der Waals surface area contributed by atoms with Crippen LogP contribution >= 0.6 is 0 Å². The third-order valence-electron chi connectivity index (χ3n) is 8.63. The van der Waals surface area contributed by atoms with Crippen molar-refractivity contribution in [2.24, 2.45) is 0 Å². The summed E-state index contributed by atoms with van der Waals surface area (Å²) in [6.45, 7) is 0.503. The predicted octanol–water partition coefficient (Wildman–Crippen LogP) is 6.36. The first-order chi connectivity index (χ1) is 28.6. The number of aliphatic carboxylic acids is 3. The number of fused-ring (bicyclic) bond motifs is 1. The van der Waals surface area contributed by atoms with Crippen molar-refractivity contribution in [1.29, 1.82) is 5.26 Å². The highest BCUT2D eigenvalue weighted by molar-refractivity contribution is 5.90. The summed E-state index contributed by atoms with van der Waals surface area (Å²) in [7, 11) is 0. The second-order valence-electron chi connectivity index (χ2n) is 13.0. The van der Waals surface area contributed by atoms with Crippen molar-refractivity contribution in [3.05, 3.63) is 48.6 Å². The molecule has 0 spiro atoms. The molecule has 340 valence electrons. The molecular formula is C33H30F13N9O7. The van der Waals surface area contributed by atoms with Gasteiger partial charge in [-0.1, -0.05) is 0 Å². The third-order valence-corrected chi connectivity index (χ3v) is 8.63. The number of nitriles is 1. The number of likely N-dealkylation sites (tertiary alicyclic amines) is 1. The van der Waals surface area contributed by atoms with Gasteiger partial charge in [-0.05, 0) is 31.7 Å². The van der Waals surface area contributed by atoms with Crippen LogP contribution in [0.5, 0.6) is 5.88 Å². The molecule has 0 unspecified atom stereocenters. The predicted molar refractivity (Wildman–Crippen MR) is 179 cm³/mol. The number of nitrogens with one attached hydrogen (secondary N) is 1. The number of hydrogen-bond donors (Lipinski definition) is 4. The van der Waals surface area contributed by atoms with Gasteiger partial charge in [-0.15, -0.1) is 0 Å². The average Bonchev–Trinajstić information content (AvgIpc) is 3.84. The Morgan fingerprint density at radius 1 is 0.871 bits per heavy atom. The van der Waals surface area contributed by atoms with Crippen LogP contribution in [0.4, 0.5) is 57.1 Å². The molecule has 2 aliphatic rings. The quantitative estimate of drug-likeness (QED) is 0.141. The Bertz CT molecular complexity index is 2130. The number of carboxylic acid groups (broad SMARTS) is 3. The van der Waals surface area contributed by atoms with Gasteiger partial charge < -0.3 is 25.0 Å². The molecule has 6 rings (SSSR count). The molecule has 4 aromatic rings. The van der Waals surface area contributed by atoms with Crippen LogP contribution in [0.1, 0.15) is 43.6 Å². The lowest BCUT2D eigenvalue weighted by Crippen LogP contribution is -2.65. The number of H-pyrrole nitrogens is 1. The molecule has 4 aromatic heterocycles. The van der Waals surface area contributed by atoms with E-state index >= 15 is 0 Å². The highest BCUT2D eigenvalue weighted by Crippen LogP contribution is 2.39. The number of rotatable bonds is 8. The second kappa shape index (κ2) is 20.0. The topological polar surface area (TPSA) is 233 Å². The van der Waals surface area contributed by atoms with Gasteiger partial charge in [0, 0.05) is 55.0 Å². The van der Waals surface area contributed by atoms with Gasteiger partial charge in [0.05, 0.1) is 36.7 Å². The van der Waals surface area contributed by atoms with Crippen molar-refractivity contribution in [2.75, 3.05) is 19.8 Å². The number of aryl methyl sites for hydroxylation is 1. The standard InChI is InChI=1S/C27H27F4N9O.3C2HF3O2/c28-8-5-18-11-22(38-25(37-18)27(29,30)31)41-20-3-1-19(2-4-20)39-14-26(15-39,7-9-32)40-13-17(12-36-40)23-21-6-10-33-24(21)35-16-34-23;3*3-2(4,5)1(6)7/h6,10-13,16,19-20H,1-5,7-8,14-15H2,(H,33,34,35);3*(H,6,7). The average molecular weight is 912 g/mol. The zero-order valence-corrected chi connectivity index (χ0v) is 30.9. The Morgan fingerprint density at radius 2 is 1.42 bits per heavy atom. The highest BCUT2D eigenvalue weighted by Gasteiger charge is 2.48. The number of carbonyl (C=O) groups is 3. The van der Waals surface area contributed by atoms with Crippen molar-refractivity contribution in [1.82, 2.24) is 39.6 Å². The number of aromatic nitrogens is 7. The Kier molecular flexibility index (Phi) is 16.2. The van der Waals surface area contributed by atoms with E-state index in [9.17, 15) is 62.3 Å². The molecule has 2 fully saturated rings. The van der Waals surface area contributed by atoms with Crippen LogP contribution in [-0.4, -0.2) is 123 Å². The Morgan fingerprint density at radius 3 is 1.90 bits per heavy atom. The van der Waals surface area contributed by atoms with Crippen molar-refractivity contribution >= 4 is 28.9 Å². The van der Waals surface area contributed by atoms with Crippen molar-refractivity contribution in [3.8, 4) is 23.2 Å². The molecule has 1 aliphatic carbocycles. The van der Waals surface area contributed by atoms with Gasteiger partial charge in [0.15, 0.2) is 0 Å². The molecule has 29 heteroatoms. The minimum absolute atomic E-state index is 0.0352. The fraction of sp³-hybridized carbons (Fsp3) is 0.485. The van der Waals surface area contributed by atoms with E-state index in [1.54, 1.807) is 6.20 Å². The largest absolute Gasteiger partial charge is 0.490 e. The van der Waals surface area contributed by atoms with Crippen LogP contribution in [0.3, 0.4) is 0 Å². The first-order valence-corrected chi connectivity index (χ1v) is 17.1. The zero-order chi connectivity index (χ0) is 46.8. The first-order valence-electron chi connectivity index (χ1n) is 17.1. The van der Waals surface area contributed by atoms with Crippen LogP contribution in [0.25, 0.3) is 22.3 Å². The number of carboxylic acids is 3. The monoisotopic (exact) mass is 911 g/mol. The summed E-state index contributed by atoms with van der Waals surface area (Å²) in [6, 6.07) is 5.78. The summed E-state index contributed by atoms with van der Waals surface area (Å²) in [5.74, 6) is -9.76. The van der Waals surface area contributed by atoms with Gasteiger partial charge in [0.25, 0.3) is 0 Å². The number of aromatic amines is 1. The van der Waals surface area contributed by atoms with Crippen LogP contribution in [0.2, 0.25) is 0 Å². The van der Waals surface area contributed by atoms with Crippen molar-refractivity contribution < 1.29 is 91.5 Å². The number of nitrogens with zero attached hydrogens (tertiary/aromatic N) is 8. The maximum absolute atomic E-state index is 13.2. The van der Waals surface area contributed by atoms with Gasteiger partial charge in [-0.3, -0.25) is 14.0 Å². The summed E-state index contributed by atoms with van der Waals surface area (Å²) < 4.78 is 155. The van der Waals surface area contributed by atoms with E-state index in [1.165, 1.54) is 12.4 Å². The highest BCUT2D eigenvalue weighted by atomic mass is 19.4. The molecule has 16 nitrogen and oxygen atoms in total. The smallest absolute Gasteiger partial charge is 0.475 e. The molecule has 1 aliphatic heterocycles. The number of alkyl halides is 13. The number of hydrogen-bond acceptors (Lipinski definition) is 11. The SMILES string of the molecule is N#CCC1(n2cc(-c3ncnc4[nH]ccc34)cn2)CN(C2CCC(Oc3cc(CCF)nc(C(F)(F)F)n3)CC2)C1.O=C(O)C(F)(F)F.O=C(O)C(F)(F)F.O=C(O)C(F)(F)F. The minimum Gasteiger partial charge on any atom is -0.475 e. The molecule has 1 saturated carbocycles. The van der Waals surface area contributed by atoms with Crippen LogP contribution in [-0.2, 0) is 32.5 Å². The van der Waals surface area contributed by atoms with Crippen molar-refractivity contribution in [2.45, 2.75) is 80.9 Å². The summed E-state index contributed by atoms with van der Waals surface area (Å²) in [6.07, 6.45) is -10.3. The fourth-order valence-electron chi connectivity index (χ4n) is 5.84. The molecule has 0 aromatic carbocycles. The molecule has 62 heavy (non-hydrogen) atoms. The lowest BCUT2D eigenvalue weighted by atomic mass is 9.82. The van der Waals surface area contributed by atoms with E-state index in [1.807, 2.05) is 23.1 Å². The van der Waals surface area contributed by atoms with E-state index in [0.29, 0.717) is 32.4 Å². The summed E-state index contributed by atoms with van der Waals surface area (Å²) in [5.41, 5.74) is 1.87. The first kappa shape index (κ1) is 50.0. The fourth-order valence-corrected chi connectivity index (χ4v) is 5.84. The van der Waals surface area contributed by atoms with Gasteiger partial charge in [0.1, 0.15) is 23.6 Å². The number of ether oxygens (including phenoxy) is 1. The van der Waals surface area contributed by atoms with Crippen molar-refractivity contribution in [3.63, 3.8) is 0 Å². The maximum Gasteiger partial charge on any atom is 0.490 e. The second-order valence-corrected chi connectivity index (χ2v) is 13.0. The van der Waals surface area contributed by atoms with Crippen LogP contribution in [0, 0.1) is 11.3 Å². The Hall–Kier alpha value is -6.34. The summed E-state index contributed by atoms with van der Waals surface area (Å²) in [5, 5.41) is 36.5. The van der Waals surface area contributed by atoms with Gasteiger partial charge in [0.2, 0.25) is 11.7 Å². The van der Waals surface area contributed by atoms with Gasteiger partial charge in [-0.2, -0.15) is 68.0 Å². The zero-order valence-electron chi connectivity index (χ0n) is 30.9. The molecule has 4 N–H and O–H groups in total. The third kappa shape index (κ3) is 13.8. The van der Waals surface area contributed by atoms with E-state index < -0.39 is 60.7 Å². The Labute approximate surface area is 338 Å². The molecule has 0 atom stereocenters. The van der Waals surface area contributed by atoms with E-state index in [-0.39, 0.29) is 30.1 Å². The number of halogens is 13. The maximum atomic E-state index is 13.2. The molecular weight excluding hydrogens is 881 g/mol. The van der Waals surface area contributed by atoms with Crippen LogP contribution in [0.15, 0.2) is 37.1 Å². The van der Waals surface area contributed by atoms with Gasteiger partial charge >= 0.3 is 42.6 Å². The Balaban J connectivity index is 0.000000403. The van der Waals surface area contributed by atoms with E-state index in [0.717, 1.165) is 35.1 Å².